The van der Waals surface area contributed by atoms with Crippen LogP contribution in [0.15, 0.2) is 18.2 Å². The van der Waals surface area contributed by atoms with Gasteiger partial charge in [0.25, 0.3) is 0 Å². The van der Waals surface area contributed by atoms with E-state index in [9.17, 15) is 4.79 Å². The minimum absolute atomic E-state index is 0.250. The molecule has 1 fully saturated rings. The minimum atomic E-state index is 0.250. The van der Waals surface area contributed by atoms with Crippen LogP contribution in [-0.2, 0) is 0 Å². The van der Waals surface area contributed by atoms with Crippen LogP contribution in [0.25, 0.3) is 0 Å². The average Bonchev–Trinajstić information content (AvgIpc) is 2.68. The first-order valence-corrected chi connectivity index (χ1v) is 6.63. The molecule has 0 atom stereocenters. The van der Waals surface area contributed by atoms with Crippen molar-refractivity contribution in [2.45, 2.75) is 44.6 Å². The first-order valence-electron chi connectivity index (χ1n) is 6.63. The Morgan fingerprint density at radius 1 is 1.17 bits per heavy atom. The Bertz CT molecular complexity index is 393. The highest BCUT2D eigenvalue weighted by Crippen LogP contribution is 2.27. The van der Waals surface area contributed by atoms with Gasteiger partial charge in [-0.3, -0.25) is 4.79 Å². The summed E-state index contributed by atoms with van der Waals surface area (Å²) in [6, 6.07) is 5.38. The molecule has 0 N–H and O–H groups in total. The first-order chi connectivity index (χ1) is 8.83. The van der Waals surface area contributed by atoms with Crippen molar-refractivity contribution in [2.75, 3.05) is 7.11 Å². The lowest BCUT2D eigenvalue weighted by atomic mass is 10.1. The summed E-state index contributed by atoms with van der Waals surface area (Å²) >= 11 is 0. The second-order valence-electron chi connectivity index (χ2n) is 4.75. The lowest BCUT2D eigenvalue weighted by Crippen LogP contribution is -2.16. The van der Waals surface area contributed by atoms with E-state index in [0.29, 0.717) is 17.1 Å². The van der Waals surface area contributed by atoms with Gasteiger partial charge in [0, 0.05) is 0 Å². The van der Waals surface area contributed by atoms with Crippen LogP contribution < -0.4 is 9.47 Å². The van der Waals surface area contributed by atoms with Gasteiger partial charge in [0.15, 0.2) is 6.29 Å². The van der Waals surface area contributed by atoms with Crippen molar-refractivity contribution >= 4 is 6.29 Å². The molecule has 18 heavy (non-hydrogen) atoms. The van der Waals surface area contributed by atoms with Crippen molar-refractivity contribution in [1.29, 1.82) is 0 Å². The fourth-order valence-electron chi connectivity index (χ4n) is 2.39. The smallest absolute Gasteiger partial charge is 0.153 e. The molecule has 0 saturated heterocycles. The zero-order valence-corrected chi connectivity index (χ0v) is 10.9. The summed E-state index contributed by atoms with van der Waals surface area (Å²) in [6.45, 7) is 0. The number of carbonyl (C=O) groups excluding carboxylic acids is 1. The molecule has 3 nitrogen and oxygen atoms in total. The Labute approximate surface area is 108 Å². The van der Waals surface area contributed by atoms with Crippen molar-refractivity contribution in [2.24, 2.45) is 0 Å². The van der Waals surface area contributed by atoms with Crippen LogP contribution in [0, 0.1) is 0 Å². The third-order valence-corrected chi connectivity index (χ3v) is 3.44. The van der Waals surface area contributed by atoms with Gasteiger partial charge in [-0.05, 0) is 43.9 Å². The van der Waals surface area contributed by atoms with Gasteiger partial charge < -0.3 is 9.47 Å². The summed E-state index contributed by atoms with van der Waals surface area (Å²) in [4.78, 5) is 11.1. The molecule has 1 saturated carbocycles. The zero-order valence-electron chi connectivity index (χ0n) is 10.9. The van der Waals surface area contributed by atoms with Crippen LogP contribution in [0.4, 0.5) is 0 Å². The summed E-state index contributed by atoms with van der Waals surface area (Å²) in [5, 5.41) is 0. The third-order valence-electron chi connectivity index (χ3n) is 3.44. The van der Waals surface area contributed by atoms with Crippen molar-refractivity contribution < 1.29 is 14.3 Å². The molecule has 98 valence electrons. The van der Waals surface area contributed by atoms with E-state index >= 15 is 0 Å². The molecule has 0 aromatic heterocycles. The van der Waals surface area contributed by atoms with Crippen LogP contribution in [0.2, 0.25) is 0 Å². The van der Waals surface area contributed by atoms with Gasteiger partial charge >= 0.3 is 0 Å². The highest BCUT2D eigenvalue weighted by atomic mass is 16.5. The summed E-state index contributed by atoms with van der Waals surface area (Å²) < 4.78 is 11.1. The van der Waals surface area contributed by atoms with E-state index in [-0.39, 0.29) is 6.10 Å². The fourth-order valence-corrected chi connectivity index (χ4v) is 2.39. The Hall–Kier alpha value is -1.51. The normalized spacial score (nSPS) is 16.9. The molecule has 0 amide bonds. The quantitative estimate of drug-likeness (QED) is 0.603. The monoisotopic (exact) mass is 248 g/mol. The predicted octanol–water partition coefficient (Wildman–Crippen LogP) is 3.61. The van der Waals surface area contributed by atoms with Crippen LogP contribution in [0.1, 0.15) is 48.9 Å². The maximum atomic E-state index is 11.1. The summed E-state index contributed by atoms with van der Waals surface area (Å²) in [5.74, 6) is 1.36. The van der Waals surface area contributed by atoms with Gasteiger partial charge in [0.2, 0.25) is 0 Å². The molecule has 2 rings (SSSR count). The van der Waals surface area contributed by atoms with Crippen molar-refractivity contribution in [1.82, 2.24) is 0 Å². The average molecular weight is 248 g/mol. The van der Waals surface area contributed by atoms with Crippen molar-refractivity contribution in [3.8, 4) is 11.5 Å². The lowest BCUT2D eigenvalue weighted by molar-refractivity contribution is 0.111. The maximum Gasteiger partial charge on any atom is 0.153 e. The Morgan fingerprint density at radius 3 is 2.50 bits per heavy atom. The van der Waals surface area contributed by atoms with E-state index in [4.69, 9.17) is 9.47 Å². The van der Waals surface area contributed by atoms with Gasteiger partial charge in [-0.1, -0.05) is 12.8 Å². The number of methoxy groups -OCH3 is 1. The molecule has 0 unspecified atom stereocenters. The van der Waals surface area contributed by atoms with Gasteiger partial charge in [0.05, 0.1) is 18.8 Å². The van der Waals surface area contributed by atoms with Crippen LogP contribution in [0.3, 0.4) is 0 Å². The Kier molecular flexibility index (Phi) is 4.62. The number of carbonyl (C=O) groups is 1. The first kappa shape index (κ1) is 12.9. The molecule has 1 aliphatic carbocycles. The Morgan fingerprint density at radius 2 is 1.89 bits per heavy atom. The molecule has 0 heterocycles. The molecule has 1 aromatic rings. The number of benzene rings is 1. The maximum absolute atomic E-state index is 11.1. The molecule has 0 bridgehead atoms. The van der Waals surface area contributed by atoms with Gasteiger partial charge in [-0.15, -0.1) is 0 Å². The van der Waals surface area contributed by atoms with Crippen molar-refractivity contribution in [3.05, 3.63) is 23.8 Å². The van der Waals surface area contributed by atoms with Crippen molar-refractivity contribution in [3.63, 3.8) is 0 Å². The predicted molar refractivity (Wildman–Crippen MR) is 70.5 cm³/mol. The lowest BCUT2D eigenvalue weighted by Gasteiger charge is -2.18. The summed E-state index contributed by atoms with van der Waals surface area (Å²) in [6.07, 6.45) is 8.28. The third kappa shape index (κ3) is 3.25. The molecular weight excluding hydrogens is 228 g/mol. The second kappa shape index (κ2) is 6.43. The number of hydrogen-bond acceptors (Lipinski definition) is 3. The SMILES string of the molecule is COc1ccc(OC2CCCCCC2)c(C=O)c1. The van der Waals surface area contributed by atoms with Gasteiger partial charge in [-0.2, -0.15) is 0 Å². The van der Waals surface area contributed by atoms with E-state index in [2.05, 4.69) is 0 Å². The minimum Gasteiger partial charge on any atom is -0.497 e. The summed E-state index contributed by atoms with van der Waals surface area (Å²) in [7, 11) is 1.59. The molecule has 1 aromatic carbocycles. The summed E-state index contributed by atoms with van der Waals surface area (Å²) in [5.41, 5.74) is 0.568. The number of aldehydes is 1. The van der Waals surface area contributed by atoms with E-state index in [1.54, 1.807) is 13.2 Å². The van der Waals surface area contributed by atoms with E-state index in [1.165, 1.54) is 25.7 Å². The van der Waals surface area contributed by atoms with E-state index in [0.717, 1.165) is 19.1 Å². The fraction of sp³-hybridized carbons (Fsp3) is 0.533. The van der Waals surface area contributed by atoms with Gasteiger partial charge in [0.1, 0.15) is 11.5 Å². The van der Waals surface area contributed by atoms with E-state index < -0.39 is 0 Å². The molecule has 0 radical (unpaired) electrons. The van der Waals surface area contributed by atoms with E-state index in [1.807, 2.05) is 12.1 Å². The van der Waals surface area contributed by atoms with Crippen LogP contribution in [-0.4, -0.2) is 19.5 Å². The highest BCUT2D eigenvalue weighted by Gasteiger charge is 2.15. The molecule has 0 aliphatic heterocycles. The Balaban J connectivity index is 2.09. The molecule has 1 aliphatic rings. The van der Waals surface area contributed by atoms with Gasteiger partial charge in [-0.25, -0.2) is 0 Å². The molecule has 0 spiro atoms. The van der Waals surface area contributed by atoms with Crippen LogP contribution >= 0.6 is 0 Å². The topological polar surface area (TPSA) is 35.5 Å². The largest absolute Gasteiger partial charge is 0.497 e. The number of rotatable bonds is 4. The highest BCUT2D eigenvalue weighted by molar-refractivity contribution is 5.80. The molecular formula is C15H20O3. The second-order valence-corrected chi connectivity index (χ2v) is 4.75. The zero-order chi connectivity index (χ0) is 12.8. The number of hydrogen-bond donors (Lipinski definition) is 0. The number of ether oxygens (including phenoxy) is 2. The molecule has 3 heteroatoms. The van der Waals surface area contributed by atoms with Crippen LogP contribution in [0.5, 0.6) is 11.5 Å². The standard InChI is InChI=1S/C15H20O3/c1-17-14-8-9-15(12(10-14)11-16)18-13-6-4-2-3-5-7-13/h8-11,13H,2-7H2,1H3.